The quantitative estimate of drug-likeness (QED) is 0.188. The van der Waals surface area contributed by atoms with Crippen molar-refractivity contribution in [2.45, 2.75) is 103 Å². The fourth-order valence-electron chi connectivity index (χ4n) is 2.84. The Hall–Kier alpha value is -0.780. The molecule has 0 heterocycles. The maximum Gasteiger partial charge on any atom is -0.0286 e. The van der Waals surface area contributed by atoms with Gasteiger partial charge in [-0.15, -0.1) is 13.2 Å². The van der Waals surface area contributed by atoms with Crippen LogP contribution in [0.5, 0.6) is 0 Å². The molecule has 0 saturated heterocycles. The van der Waals surface area contributed by atoms with Crippen molar-refractivity contribution in [1.29, 1.82) is 0 Å². The summed E-state index contributed by atoms with van der Waals surface area (Å²) in [7, 11) is 0. The van der Waals surface area contributed by atoms with Crippen LogP contribution in [0.2, 0.25) is 0 Å². The fraction of sp³-hybridized carbons (Fsp3) is 0.727. The molecule has 0 rings (SSSR count). The first-order valence-corrected chi connectivity index (χ1v) is 9.74. The molecule has 0 bridgehead atoms. The fourth-order valence-corrected chi connectivity index (χ4v) is 2.84. The zero-order valence-electron chi connectivity index (χ0n) is 15.3. The zero-order valence-corrected chi connectivity index (χ0v) is 15.3. The lowest BCUT2D eigenvalue weighted by molar-refractivity contribution is 0.577. The lowest BCUT2D eigenvalue weighted by atomic mass is 10.00. The normalized spacial score (nSPS) is 11.6. The first kappa shape index (κ1) is 21.2. The molecule has 0 aromatic heterocycles. The van der Waals surface area contributed by atoms with Gasteiger partial charge in [0.25, 0.3) is 0 Å². The van der Waals surface area contributed by atoms with Gasteiger partial charge in [0, 0.05) is 0 Å². The van der Waals surface area contributed by atoms with Gasteiger partial charge in [-0.3, -0.25) is 0 Å². The molecule has 0 N–H and O–H groups in total. The van der Waals surface area contributed by atoms with Crippen LogP contribution in [0.4, 0.5) is 0 Å². The summed E-state index contributed by atoms with van der Waals surface area (Å²) in [5.74, 6) is 0. The molecule has 0 nitrogen and oxygen atoms in total. The summed E-state index contributed by atoms with van der Waals surface area (Å²) < 4.78 is 0. The molecule has 0 atom stereocenters. The number of unbranched alkanes of at least 4 members (excludes halogenated alkanes) is 10. The third-order valence-corrected chi connectivity index (χ3v) is 4.32. The molecular weight excluding hydrogens is 264 g/mol. The highest BCUT2D eigenvalue weighted by molar-refractivity contribution is 5.03. The average Bonchev–Trinajstić information content (AvgIpc) is 2.54. The Morgan fingerprint density at radius 1 is 0.636 bits per heavy atom. The lowest BCUT2D eigenvalue weighted by Crippen LogP contribution is -1.87. The van der Waals surface area contributed by atoms with Crippen LogP contribution in [0.25, 0.3) is 0 Å². The minimum Gasteiger partial charge on any atom is -0.103 e. The van der Waals surface area contributed by atoms with Crippen LogP contribution in [-0.2, 0) is 0 Å². The Kier molecular flexibility index (Phi) is 17.6. The summed E-state index contributed by atoms with van der Waals surface area (Å²) in [5.41, 5.74) is 1.66. The van der Waals surface area contributed by atoms with Crippen molar-refractivity contribution < 1.29 is 0 Å². The van der Waals surface area contributed by atoms with Gasteiger partial charge in [-0.2, -0.15) is 0 Å². The Labute approximate surface area is 140 Å². The van der Waals surface area contributed by atoms with E-state index >= 15 is 0 Å². The summed E-state index contributed by atoms with van der Waals surface area (Å²) in [4.78, 5) is 0. The van der Waals surface area contributed by atoms with Crippen molar-refractivity contribution in [1.82, 2.24) is 0 Å². The van der Waals surface area contributed by atoms with Gasteiger partial charge in [-0.1, -0.05) is 75.7 Å². The SMILES string of the molecule is C=CCCCCC(=CCCCCCCCCCC)CCC=C. The highest BCUT2D eigenvalue weighted by atomic mass is 14.0. The highest BCUT2D eigenvalue weighted by Crippen LogP contribution is 2.17. The van der Waals surface area contributed by atoms with E-state index in [1.54, 1.807) is 5.57 Å². The van der Waals surface area contributed by atoms with Gasteiger partial charge in [0.15, 0.2) is 0 Å². The Morgan fingerprint density at radius 3 is 1.86 bits per heavy atom. The van der Waals surface area contributed by atoms with Gasteiger partial charge in [0.05, 0.1) is 0 Å². The molecule has 128 valence electrons. The summed E-state index contributed by atoms with van der Waals surface area (Å²) in [6.07, 6.45) is 26.6. The number of hydrogen-bond donors (Lipinski definition) is 0. The molecule has 0 aliphatic heterocycles. The molecule has 0 heteroatoms. The van der Waals surface area contributed by atoms with Crippen LogP contribution in [0, 0.1) is 0 Å². The van der Waals surface area contributed by atoms with E-state index in [0.29, 0.717) is 0 Å². The molecule has 0 unspecified atom stereocenters. The van der Waals surface area contributed by atoms with Crippen LogP contribution in [0.3, 0.4) is 0 Å². The van der Waals surface area contributed by atoms with Crippen molar-refractivity contribution >= 4 is 0 Å². The topological polar surface area (TPSA) is 0 Å². The standard InChI is InChI=1S/C22H40/c1-4-7-10-12-13-14-15-16-18-21-22(19-9-6-3)20-17-11-8-5-2/h5-6,21H,2-4,7-20H2,1H3. The van der Waals surface area contributed by atoms with Crippen LogP contribution in [0.15, 0.2) is 37.0 Å². The molecular formula is C22H40. The second-order valence-corrected chi connectivity index (χ2v) is 6.49. The predicted octanol–water partition coefficient (Wildman–Crippen LogP) is 8.16. The Balaban J connectivity index is 3.69. The van der Waals surface area contributed by atoms with Gasteiger partial charge >= 0.3 is 0 Å². The summed E-state index contributed by atoms with van der Waals surface area (Å²) >= 11 is 0. The minimum absolute atomic E-state index is 1.13. The Bertz CT molecular complexity index is 272. The van der Waals surface area contributed by atoms with E-state index in [2.05, 4.69) is 26.2 Å². The molecule has 0 spiro atoms. The number of hydrogen-bond acceptors (Lipinski definition) is 0. The van der Waals surface area contributed by atoms with E-state index < -0.39 is 0 Å². The predicted molar refractivity (Wildman–Crippen MR) is 103 cm³/mol. The van der Waals surface area contributed by atoms with Crippen LogP contribution >= 0.6 is 0 Å². The van der Waals surface area contributed by atoms with E-state index in [9.17, 15) is 0 Å². The van der Waals surface area contributed by atoms with Crippen molar-refractivity contribution in [2.75, 3.05) is 0 Å². The monoisotopic (exact) mass is 304 g/mol. The Morgan fingerprint density at radius 2 is 1.23 bits per heavy atom. The maximum atomic E-state index is 3.85. The van der Waals surface area contributed by atoms with E-state index in [1.807, 2.05) is 12.2 Å². The second kappa shape index (κ2) is 18.3. The molecule has 0 fully saturated rings. The van der Waals surface area contributed by atoms with Crippen LogP contribution in [-0.4, -0.2) is 0 Å². The molecule has 22 heavy (non-hydrogen) atoms. The molecule has 0 aromatic carbocycles. The third-order valence-electron chi connectivity index (χ3n) is 4.32. The largest absolute Gasteiger partial charge is 0.103 e. The molecule has 0 aromatic rings. The van der Waals surface area contributed by atoms with Gasteiger partial charge in [-0.05, 0) is 51.4 Å². The van der Waals surface area contributed by atoms with Gasteiger partial charge in [-0.25, -0.2) is 0 Å². The summed E-state index contributed by atoms with van der Waals surface area (Å²) in [5, 5.41) is 0. The molecule has 0 amide bonds. The van der Waals surface area contributed by atoms with Gasteiger partial charge in [0.1, 0.15) is 0 Å². The van der Waals surface area contributed by atoms with E-state index in [-0.39, 0.29) is 0 Å². The van der Waals surface area contributed by atoms with Crippen LogP contribution < -0.4 is 0 Å². The smallest absolute Gasteiger partial charge is 0.0286 e. The van der Waals surface area contributed by atoms with Crippen molar-refractivity contribution in [2.24, 2.45) is 0 Å². The number of allylic oxidation sites excluding steroid dienone is 4. The van der Waals surface area contributed by atoms with Gasteiger partial charge in [0.2, 0.25) is 0 Å². The number of rotatable bonds is 17. The average molecular weight is 305 g/mol. The van der Waals surface area contributed by atoms with Crippen molar-refractivity contribution in [3.8, 4) is 0 Å². The van der Waals surface area contributed by atoms with Crippen molar-refractivity contribution in [3.05, 3.63) is 37.0 Å². The maximum absolute atomic E-state index is 3.85. The minimum atomic E-state index is 1.13. The molecule has 0 aliphatic rings. The third kappa shape index (κ3) is 15.6. The molecule has 0 saturated carbocycles. The second-order valence-electron chi connectivity index (χ2n) is 6.49. The molecule has 0 radical (unpaired) electrons. The summed E-state index contributed by atoms with van der Waals surface area (Å²) in [6, 6.07) is 0. The first-order valence-electron chi connectivity index (χ1n) is 9.74. The first-order chi connectivity index (χ1) is 10.8. The van der Waals surface area contributed by atoms with Crippen LogP contribution in [0.1, 0.15) is 103 Å². The van der Waals surface area contributed by atoms with E-state index in [4.69, 9.17) is 0 Å². The highest BCUT2D eigenvalue weighted by Gasteiger charge is 1.97. The van der Waals surface area contributed by atoms with Crippen molar-refractivity contribution in [3.63, 3.8) is 0 Å². The molecule has 0 aliphatic carbocycles. The zero-order chi connectivity index (χ0) is 16.3. The summed E-state index contributed by atoms with van der Waals surface area (Å²) in [6.45, 7) is 9.94. The van der Waals surface area contributed by atoms with Gasteiger partial charge < -0.3 is 0 Å². The van der Waals surface area contributed by atoms with E-state index in [1.165, 1.54) is 83.5 Å². The van der Waals surface area contributed by atoms with E-state index in [0.717, 1.165) is 12.8 Å². The lowest BCUT2D eigenvalue weighted by Gasteiger charge is -2.06.